The first kappa shape index (κ1) is 17.7. The minimum Gasteiger partial charge on any atom is -0.477 e. The van der Waals surface area contributed by atoms with Crippen LogP contribution in [0.2, 0.25) is 0 Å². The second-order valence-electron chi connectivity index (χ2n) is 5.00. The zero-order chi connectivity index (χ0) is 15.9. The number of rotatable bonds is 7. The van der Waals surface area contributed by atoms with Gasteiger partial charge in [-0.3, -0.25) is 0 Å². The van der Waals surface area contributed by atoms with Crippen molar-refractivity contribution < 1.29 is 9.90 Å². The third-order valence-electron chi connectivity index (χ3n) is 3.02. The number of unbranched alkanes of at least 4 members (excludes halogenated alkanes) is 1. The minimum atomic E-state index is -1.22. The van der Waals surface area contributed by atoms with Crippen molar-refractivity contribution in [3.05, 3.63) is 23.5 Å². The summed E-state index contributed by atoms with van der Waals surface area (Å²) >= 11 is 0. The van der Waals surface area contributed by atoms with E-state index >= 15 is 0 Å². The molecular formula is C14H22N4O2. The Morgan fingerprint density at radius 2 is 2.10 bits per heavy atom. The molecule has 6 heteroatoms. The molecule has 0 unspecified atom stereocenters. The third kappa shape index (κ3) is 4.76. The zero-order valence-electron chi connectivity index (χ0n) is 12.4. The smallest absolute Gasteiger partial charge is 0.341 e. The summed E-state index contributed by atoms with van der Waals surface area (Å²) in [6.45, 7) is 5.14. The van der Waals surface area contributed by atoms with Crippen molar-refractivity contribution in [2.24, 2.45) is 5.73 Å². The van der Waals surface area contributed by atoms with Gasteiger partial charge in [-0.05, 0) is 27.2 Å². The number of carboxylic acids is 1. The molecule has 0 aliphatic carbocycles. The highest BCUT2D eigenvalue weighted by Crippen LogP contribution is 2.20. The second-order valence-corrected chi connectivity index (χ2v) is 5.00. The Morgan fingerprint density at radius 1 is 1.55 bits per heavy atom. The molecule has 0 aromatic rings. The number of nitriles is 1. The van der Waals surface area contributed by atoms with Crippen molar-refractivity contribution in [3.8, 4) is 6.07 Å². The molecule has 110 valence electrons. The molecule has 0 fully saturated rings. The number of nitrogens with two attached hydrogens (primary N) is 1. The average Bonchev–Trinajstić information content (AvgIpc) is 2.32. The summed E-state index contributed by atoms with van der Waals surface area (Å²) in [5, 5.41) is 25.1. The van der Waals surface area contributed by atoms with E-state index in [9.17, 15) is 4.79 Å². The molecule has 0 aromatic heterocycles. The Morgan fingerprint density at radius 3 is 2.50 bits per heavy atom. The first-order chi connectivity index (χ1) is 9.15. The lowest BCUT2D eigenvalue weighted by atomic mass is 10.0. The standard InChI is InChI=1S/C14H22N4O2/c1-10(16)11(13(19)20)12(17)18(4)14(2,3)8-6-5-7-9-15/h6,8,16H,5,7,17H2,1-4H3,(H,19,20)/b8-6-,12-11+,16-10?. The molecule has 20 heavy (non-hydrogen) atoms. The van der Waals surface area contributed by atoms with Gasteiger partial charge in [-0.15, -0.1) is 0 Å². The molecule has 0 spiro atoms. The molecule has 0 aromatic carbocycles. The highest BCUT2D eigenvalue weighted by molar-refractivity contribution is 6.17. The zero-order valence-corrected chi connectivity index (χ0v) is 12.4. The van der Waals surface area contributed by atoms with Crippen LogP contribution in [0, 0.1) is 16.7 Å². The van der Waals surface area contributed by atoms with Gasteiger partial charge in [0.05, 0.1) is 11.6 Å². The Balaban J connectivity index is 5.31. The summed E-state index contributed by atoms with van der Waals surface area (Å²) in [7, 11) is 1.68. The van der Waals surface area contributed by atoms with E-state index in [4.69, 9.17) is 21.5 Å². The van der Waals surface area contributed by atoms with E-state index in [1.165, 1.54) is 6.92 Å². The fourth-order valence-corrected chi connectivity index (χ4v) is 1.57. The summed E-state index contributed by atoms with van der Waals surface area (Å²) in [5.74, 6) is -1.17. The van der Waals surface area contributed by atoms with Crippen LogP contribution in [0.15, 0.2) is 23.5 Å². The van der Waals surface area contributed by atoms with Gasteiger partial charge in [-0.1, -0.05) is 12.2 Å². The number of allylic oxidation sites excluding steroid dienone is 1. The fraction of sp³-hybridized carbons (Fsp3) is 0.500. The predicted molar refractivity (Wildman–Crippen MR) is 78.1 cm³/mol. The van der Waals surface area contributed by atoms with Gasteiger partial charge in [0.15, 0.2) is 0 Å². The lowest BCUT2D eigenvalue weighted by Gasteiger charge is -2.35. The van der Waals surface area contributed by atoms with Crippen molar-refractivity contribution in [1.82, 2.24) is 4.90 Å². The fourth-order valence-electron chi connectivity index (χ4n) is 1.57. The van der Waals surface area contributed by atoms with E-state index in [1.54, 1.807) is 11.9 Å². The van der Waals surface area contributed by atoms with E-state index in [-0.39, 0.29) is 17.1 Å². The number of nitrogens with one attached hydrogen (secondary N) is 1. The van der Waals surface area contributed by atoms with Crippen LogP contribution in [-0.4, -0.2) is 34.3 Å². The van der Waals surface area contributed by atoms with Gasteiger partial charge in [0.1, 0.15) is 11.4 Å². The molecule has 0 rings (SSSR count). The lowest BCUT2D eigenvalue weighted by molar-refractivity contribution is -0.132. The molecule has 0 radical (unpaired) electrons. The second kappa shape index (κ2) is 7.34. The van der Waals surface area contributed by atoms with Crippen LogP contribution in [0.25, 0.3) is 0 Å². The monoisotopic (exact) mass is 278 g/mol. The van der Waals surface area contributed by atoms with Crippen LogP contribution in [0.5, 0.6) is 0 Å². The summed E-state index contributed by atoms with van der Waals surface area (Å²) in [4.78, 5) is 12.8. The lowest BCUT2D eigenvalue weighted by Crippen LogP contribution is -2.43. The summed E-state index contributed by atoms with van der Waals surface area (Å²) in [6.07, 6.45) is 4.80. The number of likely N-dealkylation sites (N-methyl/N-ethyl adjacent to an activating group) is 1. The molecule has 0 atom stereocenters. The van der Waals surface area contributed by atoms with E-state index < -0.39 is 11.5 Å². The average molecular weight is 278 g/mol. The van der Waals surface area contributed by atoms with Crippen molar-refractivity contribution in [2.45, 2.75) is 39.2 Å². The van der Waals surface area contributed by atoms with Crippen LogP contribution < -0.4 is 5.73 Å². The van der Waals surface area contributed by atoms with Crippen molar-refractivity contribution in [3.63, 3.8) is 0 Å². The number of aliphatic carboxylic acids is 1. The quantitative estimate of drug-likeness (QED) is 0.284. The SMILES string of the molecule is CC(=N)/C(C(=O)O)=C(/N)N(C)C(C)(C)/C=C\CCC#N. The number of carboxylic acid groups (broad SMARTS) is 1. The molecule has 0 aliphatic rings. The molecule has 0 saturated heterocycles. The van der Waals surface area contributed by atoms with Gasteiger partial charge < -0.3 is 21.1 Å². The number of hydrogen-bond donors (Lipinski definition) is 3. The third-order valence-corrected chi connectivity index (χ3v) is 3.02. The number of carbonyl (C=O) groups is 1. The molecule has 0 amide bonds. The first-order valence-corrected chi connectivity index (χ1v) is 6.22. The van der Waals surface area contributed by atoms with E-state index in [0.29, 0.717) is 12.8 Å². The molecule has 4 N–H and O–H groups in total. The largest absolute Gasteiger partial charge is 0.477 e. The van der Waals surface area contributed by atoms with Gasteiger partial charge in [0.2, 0.25) is 0 Å². The van der Waals surface area contributed by atoms with Crippen LogP contribution in [0.1, 0.15) is 33.6 Å². The maximum absolute atomic E-state index is 11.2. The Hall–Kier alpha value is -2.29. The number of nitrogens with zero attached hydrogens (tertiary/aromatic N) is 2. The number of hydrogen-bond acceptors (Lipinski definition) is 5. The molecule has 0 bridgehead atoms. The minimum absolute atomic E-state index is 0.0416. The van der Waals surface area contributed by atoms with Gasteiger partial charge in [-0.2, -0.15) is 5.26 Å². The van der Waals surface area contributed by atoms with E-state index in [0.717, 1.165) is 0 Å². The van der Waals surface area contributed by atoms with Crippen LogP contribution in [0.4, 0.5) is 0 Å². The van der Waals surface area contributed by atoms with Crippen LogP contribution >= 0.6 is 0 Å². The van der Waals surface area contributed by atoms with Crippen molar-refractivity contribution >= 4 is 11.7 Å². The van der Waals surface area contributed by atoms with Gasteiger partial charge >= 0.3 is 5.97 Å². The molecule has 6 nitrogen and oxygen atoms in total. The topological polar surface area (TPSA) is 114 Å². The predicted octanol–water partition coefficient (Wildman–Crippen LogP) is 1.85. The molecule has 0 aliphatic heterocycles. The maximum atomic E-state index is 11.2. The van der Waals surface area contributed by atoms with Gasteiger partial charge in [-0.25, -0.2) is 4.79 Å². The Labute approximate surface area is 119 Å². The molecule has 0 saturated carbocycles. The van der Waals surface area contributed by atoms with Crippen molar-refractivity contribution in [2.75, 3.05) is 7.05 Å². The van der Waals surface area contributed by atoms with Gasteiger partial charge in [0, 0.05) is 19.2 Å². The van der Waals surface area contributed by atoms with Gasteiger partial charge in [0.25, 0.3) is 0 Å². The normalized spacial score (nSPS) is 12.8. The Bertz CT molecular complexity index is 468. The highest BCUT2D eigenvalue weighted by Gasteiger charge is 2.26. The first-order valence-electron chi connectivity index (χ1n) is 6.22. The van der Waals surface area contributed by atoms with Crippen LogP contribution in [0.3, 0.4) is 0 Å². The maximum Gasteiger partial charge on any atom is 0.341 e. The molecular weight excluding hydrogens is 256 g/mol. The summed E-state index contributed by atoms with van der Waals surface area (Å²) in [6, 6.07) is 2.05. The molecule has 0 heterocycles. The summed E-state index contributed by atoms with van der Waals surface area (Å²) < 4.78 is 0. The highest BCUT2D eigenvalue weighted by atomic mass is 16.4. The van der Waals surface area contributed by atoms with Crippen molar-refractivity contribution in [1.29, 1.82) is 10.7 Å². The van der Waals surface area contributed by atoms with Crippen LogP contribution in [-0.2, 0) is 4.79 Å². The van der Waals surface area contributed by atoms with E-state index in [2.05, 4.69) is 0 Å². The Kier molecular flexibility index (Phi) is 6.50. The summed E-state index contributed by atoms with van der Waals surface area (Å²) in [5.41, 5.74) is 5.07. The van der Waals surface area contributed by atoms with E-state index in [1.807, 2.05) is 32.1 Å².